The van der Waals surface area contributed by atoms with Crippen molar-refractivity contribution in [2.45, 2.75) is 17.6 Å². The van der Waals surface area contributed by atoms with E-state index in [-0.39, 0.29) is 11.4 Å². The van der Waals surface area contributed by atoms with Crippen molar-refractivity contribution in [3.63, 3.8) is 0 Å². The van der Waals surface area contributed by atoms with E-state index in [9.17, 15) is 0 Å². The van der Waals surface area contributed by atoms with Gasteiger partial charge in [0.15, 0.2) is 0 Å². The predicted molar refractivity (Wildman–Crippen MR) is 141 cm³/mol. The van der Waals surface area contributed by atoms with E-state index in [1.165, 1.54) is 36.1 Å². The maximum Gasteiger partial charge on any atom is 0.0906 e. The van der Waals surface area contributed by atoms with Gasteiger partial charge in [-0.15, -0.1) is 11.8 Å². The summed E-state index contributed by atoms with van der Waals surface area (Å²) in [6.07, 6.45) is 2.43. The van der Waals surface area contributed by atoms with Crippen LogP contribution >= 0.6 is 11.8 Å². The number of benzene rings is 3. The number of nitrogens with zero attached hydrogens (tertiary/aromatic N) is 2. The first-order chi connectivity index (χ1) is 16.3. The number of β-amino-alcohol motifs (C(OH)–C–C–N with tert-alkyl or cyclic N) is 1. The fraction of sp³-hybridized carbons (Fsp3) is 0.379. The number of rotatable bonds is 11. The minimum Gasteiger partial charge on any atom is -0.395 e. The summed E-state index contributed by atoms with van der Waals surface area (Å²) in [7, 11) is 0. The third-order valence-electron chi connectivity index (χ3n) is 6.61. The average molecular weight is 461 g/mol. The Kier molecular flexibility index (Phi) is 9.01. The zero-order chi connectivity index (χ0) is 22.8. The first kappa shape index (κ1) is 24.0. The molecule has 1 saturated heterocycles. The molecule has 1 N–H and O–H groups in total. The van der Waals surface area contributed by atoms with Crippen LogP contribution in [0.3, 0.4) is 0 Å². The molecule has 0 aliphatic carbocycles. The summed E-state index contributed by atoms with van der Waals surface area (Å²) in [4.78, 5) is 4.94. The molecule has 1 aliphatic heterocycles. The molecule has 0 aromatic heterocycles. The zero-order valence-electron chi connectivity index (χ0n) is 19.5. The van der Waals surface area contributed by atoms with Crippen LogP contribution in [0.1, 0.15) is 29.5 Å². The van der Waals surface area contributed by atoms with Gasteiger partial charge in [-0.25, -0.2) is 0 Å². The van der Waals surface area contributed by atoms with Crippen molar-refractivity contribution in [3.05, 3.63) is 108 Å². The topological polar surface area (TPSA) is 26.7 Å². The molecular weight excluding hydrogens is 424 g/mol. The van der Waals surface area contributed by atoms with Gasteiger partial charge < -0.3 is 10.0 Å². The van der Waals surface area contributed by atoms with E-state index in [4.69, 9.17) is 5.11 Å². The van der Waals surface area contributed by atoms with Gasteiger partial charge >= 0.3 is 0 Å². The first-order valence-electron chi connectivity index (χ1n) is 12.2. The molecule has 3 aromatic rings. The normalized spacial score (nSPS) is 15.5. The first-order valence-corrected chi connectivity index (χ1v) is 13.2. The number of hydrogen-bond donors (Lipinski definition) is 1. The molecule has 3 aromatic carbocycles. The van der Waals surface area contributed by atoms with Crippen LogP contribution in [0.2, 0.25) is 0 Å². The SMILES string of the molecule is OCCN1CCN(CCCCSC(c2ccccc2)(c2ccccc2)c2ccccc2)CC1. The van der Waals surface area contributed by atoms with Crippen LogP contribution in [0.4, 0.5) is 0 Å². The number of thioether (sulfide) groups is 1. The molecule has 174 valence electrons. The van der Waals surface area contributed by atoms with Crippen molar-refractivity contribution in [2.75, 3.05) is 51.6 Å². The molecule has 4 rings (SSSR count). The van der Waals surface area contributed by atoms with Crippen LogP contribution < -0.4 is 0 Å². The van der Waals surface area contributed by atoms with E-state index < -0.39 is 0 Å². The number of unbranched alkanes of at least 4 members (excludes halogenated alkanes) is 1. The minimum atomic E-state index is -0.209. The molecule has 0 atom stereocenters. The van der Waals surface area contributed by atoms with Crippen LogP contribution in [-0.4, -0.2) is 66.5 Å². The highest BCUT2D eigenvalue weighted by Crippen LogP contribution is 2.48. The van der Waals surface area contributed by atoms with Crippen molar-refractivity contribution in [2.24, 2.45) is 0 Å². The van der Waals surface area contributed by atoms with Crippen molar-refractivity contribution >= 4 is 11.8 Å². The summed E-state index contributed by atoms with van der Waals surface area (Å²) in [5.74, 6) is 1.11. The van der Waals surface area contributed by atoms with Gasteiger partial charge in [-0.2, -0.15) is 0 Å². The number of piperazine rings is 1. The standard InChI is InChI=1S/C29H36N2OS/c32-24-23-31-21-19-30(20-22-31)18-10-11-25-33-29(26-12-4-1-5-13-26,27-14-6-2-7-15-27)28-16-8-3-9-17-28/h1-9,12-17,32H,10-11,18-25H2. The summed E-state index contributed by atoms with van der Waals surface area (Å²) in [5.41, 5.74) is 4.02. The summed E-state index contributed by atoms with van der Waals surface area (Å²) < 4.78 is -0.209. The molecule has 0 unspecified atom stereocenters. The summed E-state index contributed by atoms with van der Waals surface area (Å²) >= 11 is 2.07. The molecule has 0 spiro atoms. The lowest BCUT2D eigenvalue weighted by Crippen LogP contribution is -2.47. The van der Waals surface area contributed by atoms with Crippen LogP contribution in [0.25, 0.3) is 0 Å². The molecule has 0 radical (unpaired) electrons. The fourth-order valence-corrected chi connectivity index (χ4v) is 6.37. The highest BCUT2D eigenvalue weighted by molar-refractivity contribution is 8.00. The van der Waals surface area contributed by atoms with E-state index in [1.54, 1.807) is 0 Å². The average Bonchev–Trinajstić information content (AvgIpc) is 2.89. The largest absolute Gasteiger partial charge is 0.395 e. The maximum absolute atomic E-state index is 9.14. The van der Waals surface area contributed by atoms with E-state index in [0.29, 0.717) is 0 Å². The Morgan fingerprint density at radius 1 is 0.606 bits per heavy atom. The lowest BCUT2D eigenvalue weighted by atomic mass is 9.84. The zero-order valence-corrected chi connectivity index (χ0v) is 20.3. The van der Waals surface area contributed by atoms with Crippen LogP contribution in [-0.2, 0) is 4.75 Å². The Balaban J connectivity index is 1.45. The number of hydrogen-bond acceptors (Lipinski definition) is 4. The molecule has 33 heavy (non-hydrogen) atoms. The highest BCUT2D eigenvalue weighted by atomic mass is 32.2. The molecule has 0 amide bonds. The molecule has 1 fully saturated rings. The van der Waals surface area contributed by atoms with E-state index >= 15 is 0 Å². The summed E-state index contributed by atoms with van der Waals surface area (Å²) in [5, 5.41) is 9.14. The van der Waals surface area contributed by atoms with Crippen LogP contribution in [0.5, 0.6) is 0 Å². The van der Waals surface area contributed by atoms with Gasteiger partial charge in [0.2, 0.25) is 0 Å². The quantitative estimate of drug-likeness (QED) is 0.318. The number of aliphatic hydroxyl groups excluding tert-OH is 1. The van der Waals surface area contributed by atoms with Gasteiger partial charge in [0.05, 0.1) is 11.4 Å². The Labute approximate surface area is 203 Å². The van der Waals surface area contributed by atoms with Gasteiger partial charge in [-0.1, -0.05) is 91.0 Å². The molecule has 3 nitrogen and oxygen atoms in total. The monoisotopic (exact) mass is 460 g/mol. The molecule has 4 heteroatoms. The third kappa shape index (κ3) is 6.07. The number of aliphatic hydroxyl groups is 1. The molecule has 0 bridgehead atoms. The Hall–Kier alpha value is -2.11. The Bertz CT molecular complexity index is 831. The minimum absolute atomic E-state index is 0.209. The third-order valence-corrected chi connectivity index (χ3v) is 8.24. The van der Waals surface area contributed by atoms with Crippen LogP contribution in [0.15, 0.2) is 91.0 Å². The second kappa shape index (κ2) is 12.4. The Morgan fingerprint density at radius 2 is 1.03 bits per heavy atom. The predicted octanol–water partition coefficient (Wildman–Crippen LogP) is 5.10. The fourth-order valence-electron chi connectivity index (χ4n) is 4.81. The second-order valence-corrected chi connectivity index (χ2v) is 10.1. The maximum atomic E-state index is 9.14. The Morgan fingerprint density at radius 3 is 1.45 bits per heavy atom. The second-order valence-electron chi connectivity index (χ2n) is 8.74. The summed E-state index contributed by atoms with van der Waals surface area (Å²) in [6.45, 7) is 6.64. The van der Waals surface area contributed by atoms with Gasteiger partial charge in [0.1, 0.15) is 0 Å². The van der Waals surface area contributed by atoms with E-state index in [2.05, 4.69) is 113 Å². The summed E-state index contributed by atoms with van der Waals surface area (Å²) in [6, 6.07) is 32.9. The smallest absolute Gasteiger partial charge is 0.0906 e. The van der Waals surface area contributed by atoms with Crippen molar-refractivity contribution < 1.29 is 5.11 Å². The van der Waals surface area contributed by atoms with Crippen LogP contribution in [0, 0.1) is 0 Å². The van der Waals surface area contributed by atoms with E-state index in [0.717, 1.165) is 38.5 Å². The molecule has 1 aliphatic rings. The lowest BCUT2D eigenvalue weighted by molar-refractivity contribution is 0.112. The highest BCUT2D eigenvalue weighted by Gasteiger charge is 2.36. The van der Waals surface area contributed by atoms with Gasteiger partial charge in [0, 0.05) is 32.7 Å². The van der Waals surface area contributed by atoms with Gasteiger partial charge in [-0.05, 0) is 41.8 Å². The van der Waals surface area contributed by atoms with Crippen molar-refractivity contribution in [3.8, 4) is 0 Å². The lowest BCUT2D eigenvalue weighted by Gasteiger charge is -2.36. The van der Waals surface area contributed by atoms with E-state index in [1.807, 2.05) is 0 Å². The van der Waals surface area contributed by atoms with Gasteiger partial charge in [0.25, 0.3) is 0 Å². The molecule has 1 heterocycles. The van der Waals surface area contributed by atoms with Crippen molar-refractivity contribution in [1.82, 2.24) is 9.80 Å². The molecular formula is C29H36N2OS. The van der Waals surface area contributed by atoms with Crippen molar-refractivity contribution in [1.29, 1.82) is 0 Å². The molecule has 0 saturated carbocycles. The van der Waals surface area contributed by atoms with Gasteiger partial charge in [-0.3, -0.25) is 4.90 Å².